The fourth-order valence-electron chi connectivity index (χ4n) is 3.83. The van der Waals surface area contributed by atoms with Crippen molar-refractivity contribution in [3.8, 4) is 11.5 Å². The van der Waals surface area contributed by atoms with Gasteiger partial charge in [-0.05, 0) is 120 Å². The Morgan fingerprint density at radius 2 is 1.21 bits per heavy atom. The zero-order valence-electron chi connectivity index (χ0n) is 22.4. The largest absolute Gasteiger partial charge is 0.507 e. The van der Waals surface area contributed by atoms with E-state index in [0.717, 1.165) is 33.4 Å². The molecular formula is C32H32O5S2. The van der Waals surface area contributed by atoms with E-state index >= 15 is 0 Å². The highest BCUT2D eigenvalue weighted by atomic mass is 32.1. The van der Waals surface area contributed by atoms with E-state index in [4.69, 9.17) is 9.84 Å². The summed E-state index contributed by atoms with van der Waals surface area (Å²) in [4.78, 5) is 24.6. The molecule has 0 bridgehead atoms. The fourth-order valence-corrected chi connectivity index (χ4v) is 5.07. The van der Waals surface area contributed by atoms with Gasteiger partial charge in [-0.1, -0.05) is 24.3 Å². The lowest BCUT2D eigenvalue weighted by atomic mass is 10.1. The first kappa shape index (κ1) is 29.6. The van der Waals surface area contributed by atoms with E-state index in [0.29, 0.717) is 11.5 Å². The minimum atomic E-state index is -1.01. The van der Waals surface area contributed by atoms with Crippen LogP contribution in [0.25, 0.3) is 24.3 Å². The average molecular weight is 561 g/mol. The van der Waals surface area contributed by atoms with Crippen molar-refractivity contribution < 1.29 is 24.5 Å². The van der Waals surface area contributed by atoms with Gasteiger partial charge in [0, 0.05) is 9.75 Å². The molecule has 0 saturated carbocycles. The number of ether oxygens (including phenoxy) is 1. The minimum Gasteiger partial charge on any atom is -0.507 e. The summed E-state index contributed by atoms with van der Waals surface area (Å²) in [5.74, 6) is -0.633. The van der Waals surface area contributed by atoms with Gasteiger partial charge in [0.15, 0.2) is 0 Å². The van der Waals surface area contributed by atoms with Gasteiger partial charge in [0.05, 0.1) is 12.8 Å². The molecule has 0 fully saturated rings. The molecule has 0 aliphatic heterocycles. The number of phenolic OH excluding ortho intramolecular Hbond substituents is 1. The summed E-state index contributed by atoms with van der Waals surface area (Å²) in [5, 5.41) is 22.3. The zero-order chi connectivity index (χ0) is 28.4. The van der Waals surface area contributed by atoms with Crippen molar-refractivity contribution in [2.75, 3.05) is 0 Å². The van der Waals surface area contributed by atoms with E-state index in [9.17, 15) is 14.7 Å². The first-order valence-electron chi connectivity index (χ1n) is 12.4. The number of thiophene rings is 2. The monoisotopic (exact) mass is 560 g/mol. The Kier molecular flexibility index (Phi) is 10.8. The van der Waals surface area contributed by atoms with E-state index in [2.05, 4.69) is 23.6 Å². The van der Waals surface area contributed by atoms with Crippen LogP contribution in [0.1, 0.15) is 56.0 Å². The van der Waals surface area contributed by atoms with Gasteiger partial charge < -0.3 is 14.9 Å². The molecule has 0 radical (unpaired) electrons. The first-order chi connectivity index (χ1) is 18.6. The third kappa shape index (κ3) is 9.39. The quantitative estimate of drug-likeness (QED) is 0.167. The van der Waals surface area contributed by atoms with Crippen LogP contribution >= 0.6 is 22.7 Å². The molecule has 0 amide bonds. The standard InChI is InChI=1S/C18H18O4S.C14H14OS/c1-12-10-14(5-6-15-4-3-9-23-15)11-13(2)18(12)22-17(21)8-7-16(19)20;1-10-8-12(9-11(2)14(10)15)5-6-13-4-3-7-16-13/h3-6,9-11H,7-8H2,1-2H3,(H,19,20);3-9,15H,1-2H3/b2*6-5+. The Morgan fingerprint density at radius 3 is 1.62 bits per heavy atom. The maximum atomic E-state index is 11.7. The maximum Gasteiger partial charge on any atom is 0.311 e. The second kappa shape index (κ2) is 14.3. The van der Waals surface area contributed by atoms with Crippen LogP contribution in [0.15, 0.2) is 59.3 Å². The van der Waals surface area contributed by atoms with Crippen LogP contribution in [0.4, 0.5) is 0 Å². The Bertz CT molecular complexity index is 1420. The van der Waals surface area contributed by atoms with E-state index in [-0.39, 0.29) is 12.8 Å². The van der Waals surface area contributed by atoms with E-state index in [1.54, 1.807) is 22.7 Å². The molecule has 2 N–H and O–H groups in total. The molecule has 2 aromatic carbocycles. The molecule has 0 saturated heterocycles. The molecule has 0 spiro atoms. The number of carboxylic acid groups (broad SMARTS) is 1. The number of benzene rings is 2. The van der Waals surface area contributed by atoms with Crippen LogP contribution in [-0.4, -0.2) is 22.2 Å². The number of carboxylic acids is 1. The van der Waals surface area contributed by atoms with Gasteiger partial charge in [-0.15, -0.1) is 22.7 Å². The van der Waals surface area contributed by atoms with Crippen molar-refractivity contribution >= 4 is 58.9 Å². The van der Waals surface area contributed by atoms with E-state index in [1.165, 1.54) is 9.75 Å². The third-order valence-corrected chi connectivity index (χ3v) is 7.40. The minimum absolute atomic E-state index is 0.131. The molecule has 7 heteroatoms. The Hall–Kier alpha value is -3.94. The number of rotatable bonds is 8. The van der Waals surface area contributed by atoms with Crippen molar-refractivity contribution in [3.05, 3.63) is 102 Å². The van der Waals surface area contributed by atoms with Crippen LogP contribution in [0.5, 0.6) is 11.5 Å². The van der Waals surface area contributed by atoms with Gasteiger partial charge >= 0.3 is 11.9 Å². The summed E-state index contributed by atoms with van der Waals surface area (Å²) in [7, 11) is 0. The third-order valence-electron chi connectivity index (χ3n) is 5.72. The Balaban J connectivity index is 0.000000230. The van der Waals surface area contributed by atoms with Gasteiger partial charge in [0.25, 0.3) is 0 Å². The molecule has 39 heavy (non-hydrogen) atoms. The summed E-state index contributed by atoms with van der Waals surface area (Å²) in [6.07, 6.45) is 7.87. The maximum absolute atomic E-state index is 11.7. The number of hydrogen-bond acceptors (Lipinski definition) is 6. The normalized spacial score (nSPS) is 11.0. The fraction of sp³-hybridized carbons (Fsp3) is 0.188. The Morgan fingerprint density at radius 1 is 0.744 bits per heavy atom. The lowest BCUT2D eigenvalue weighted by molar-refractivity contribution is -0.142. The van der Waals surface area contributed by atoms with Crippen molar-refractivity contribution in [2.45, 2.75) is 40.5 Å². The number of phenols is 1. The molecule has 0 aliphatic carbocycles. The molecule has 4 rings (SSSR count). The predicted molar refractivity (Wildman–Crippen MR) is 162 cm³/mol. The van der Waals surface area contributed by atoms with Crippen molar-refractivity contribution in [2.24, 2.45) is 0 Å². The number of carbonyl (C=O) groups excluding carboxylic acids is 1. The lowest BCUT2D eigenvalue weighted by Gasteiger charge is -2.11. The molecule has 4 aromatic rings. The Labute approximate surface area is 237 Å². The highest BCUT2D eigenvalue weighted by Crippen LogP contribution is 2.27. The van der Waals surface area contributed by atoms with Gasteiger partial charge in [-0.3, -0.25) is 9.59 Å². The van der Waals surface area contributed by atoms with E-state index in [1.807, 2.05) is 87.7 Å². The zero-order valence-corrected chi connectivity index (χ0v) is 24.1. The number of hydrogen-bond donors (Lipinski definition) is 2. The predicted octanol–water partition coefficient (Wildman–Crippen LogP) is 8.55. The number of aliphatic carboxylic acids is 1. The van der Waals surface area contributed by atoms with Gasteiger partial charge in [-0.25, -0.2) is 0 Å². The number of carbonyl (C=O) groups is 2. The topological polar surface area (TPSA) is 83.8 Å². The summed E-state index contributed by atoms with van der Waals surface area (Å²) >= 11 is 3.38. The van der Waals surface area contributed by atoms with Crippen LogP contribution < -0.4 is 4.74 Å². The second-order valence-corrected chi connectivity index (χ2v) is 11.0. The van der Waals surface area contributed by atoms with Crippen molar-refractivity contribution in [1.29, 1.82) is 0 Å². The summed E-state index contributed by atoms with van der Waals surface area (Å²) in [5.41, 5.74) is 5.69. The summed E-state index contributed by atoms with van der Waals surface area (Å²) < 4.78 is 5.31. The average Bonchev–Trinajstić information content (AvgIpc) is 3.60. The van der Waals surface area contributed by atoms with Crippen molar-refractivity contribution in [1.82, 2.24) is 0 Å². The number of aromatic hydroxyl groups is 1. The molecule has 0 unspecified atom stereocenters. The highest BCUT2D eigenvalue weighted by molar-refractivity contribution is 7.11. The first-order valence-corrected chi connectivity index (χ1v) is 14.2. The number of aryl methyl sites for hydroxylation is 4. The smallest absolute Gasteiger partial charge is 0.311 e. The molecule has 5 nitrogen and oxygen atoms in total. The van der Waals surface area contributed by atoms with E-state index < -0.39 is 11.9 Å². The lowest BCUT2D eigenvalue weighted by Crippen LogP contribution is -2.11. The molecule has 2 aromatic heterocycles. The SMILES string of the molecule is Cc1cc(/C=C/c2cccs2)cc(C)c1O.Cc1cc(/C=C/c2cccs2)cc(C)c1OC(=O)CCC(=O)O. The summed E-state index contributed by atoms with van der Waals surface area (Å²) in [6, 6.07) is 16.0. The second-order valence-electron chi connectivity index (χ2n) is 9.05. The molecule has 2 heterocycles. The van der Waals surface area contributed by atoms with Crippen LogP contribution in [0.3, 0.4) is 0 Å². The highest BCUT2D eigenvalue weighted by Gasteiger charge is 2.12. The van der Waals surface area contributed by atoms with Crippen molar-refractivity contribution in [3.63, 3.8) is 0 Å². The van der Waals surface area contributed by atoms with Crippen LogP contribution in [0.2, 0.25) is 0 Å². The van der Waals surface area contributed by atoms with Crippen LogP contribution in [0, 0.1) is 27.7 Å². The molecule has 202 valence electrons. The molecule has 0 aliphatic rings. The molecule has 0 atom stereocenters. The van der Waals surface area contributed by atoms with Gasteiger partial charge in [0.2, 0.25) is 0 Å². The summed E-state index contributed by atoms with van der Waals surface area (Å²) in [6.45, 7) is 7.58. The van der Waals surface area contributed by atoms with Gasteiger partial charge in [0.1, 0.15) is 11.5 Å². The number of esters is 1. The van der Waals surface area contributed by atoms with Gasteiger partial charge in [-0.2, -0.15) is 0 Å². The van der Waals surface area contributed by atoms with Crippen LogP contribution in [-0.2, 0) is 9.59 Å². The molecular weight excluding hydrogens is 528 g/mol.